The van der Waals surface area contributed by atoms with E-state index in [1.54, 1.807) is 32.9 Å². The Balaban J connectivity index is 1.93. The minimum atomic E-state index is -1.26. The van der Waals surface area contributed by atoms with Crippen molar-refractivity contribution in [1.82, 2.24) is 10.1 Å². The number of hydrogen-bond donors (Lipinski definition) is 3. The topological polar surface area (TPSA) is 133 Å². The number of rotatable bonds is 4. The van der Waals surface area contributed by atoms with E-state index in [1.807, 2.05) is 20.8 Å². The SMILES string of the molecule is C/C(=C\c1cc(C)no1)[C@@H]1C[C@@H]2N(CCO)[C@]2(C)CCC[C@H](C)[C@H](O)[C@@H](C)C(=O)C(C)(C)[C@@H](O)CC(=O)O1. The second kappa shape index (κ2) is 12.0. The molecule has 3 heterocycles. The van der Waals surface area contributed by atoms with Crippen molar-refractivity contribution in [3.8, 4) is 0 Å². The monoisotopic (exact) mass is 534 g/mol. The van der Waals surface area contributed by atoms with E-state index in [0.29, 0.717) is 18.7 Å². The van der Waals surface area contributed by atoms with Gasteiger partial charge in [0, 0.05) is 36.5 Å². The Hall–Kier alpha value is -2.07. The molecule has 2 aliphatic heterocycles. The van der Waals surface area contributed by atoms with Crippen LogP contribution in [0.15, 0.2) is 16.2 Å². The highest BCUT2D eigenvalue weighted by atomic mass is 16.5. The van der Waals surface area contributed by atoms with Crippen LogP contribution in [0.25, 0.3) is 6.08 Å². The predicted molar refractivity (Wildman–Crippen MR) is 143 cm³/mol. The van der Waals surface area contributed by atoms with E-state index >= 15 is 0 Å². The highest BCUT2D eigenvalue weighted by molar-refractivity contribution is 5.88. The van der Waals surface area contributed by atoms with Gasteiger partial charge in [-0.2, -0.15) is 0 Å². The van der Waals surface area contributed by atoms with Gasteiger partial charge in [0.15, 0.2) is 5.76 Å². The number of hydrogen-bond acceptors (Lipinski definition) is 9. The zero-order valence-corrected chi connectivity index (χ0v) is 23.9. The van der Waals surface area contributed by atoms with Crippen LogP contribution in [0.3, 0.4) is 0 Å². The molecule has 214 valence electrons. The Labute approximate surface area is 226 Å². The number of aliphatic hydroxyl groups is 3. The molecule has 3 rings (SSSR count). The number of β-amino-alcohol motifs (C(OH)–C–C–N with tert-alkyl or cyclic N) is 1. The van der Waals surface area contributed by atoms with E-state index in [9.17, 15) is 24.9 Å². The van der Waals surface area contributed by atoms with E-state index in [-0.39, 0.29) is 36.3 Å². The maximum atomic E-state index is 13.3. The molecule has 2 aliphatic rings. The van der Waals surface area contributed by atoms with Crippen molar-refractivity contribution in [2.45, 2.75) is 110 Å². The number of Topliss-reactive ketones (excluding diaryl/α,β-unsaturated/α-hetero) is 1. The maximum Gasteiger partial charge on any atom is 0.309 e. The Morgan fingerprint density at radius 2 is 1.92 bits per heavy atom. The number of esters is 1. The number of nitrogens with zero attached hydrogens (tertiary/aromatic N) is 2. The fraction of sp³-hybridized carbons (Fsp3) is 0.759. The summed E-state index contributed by atoms with van der Waals surface area (Å²) in [5.74, 6) is -1.11. The molecule has 0 aliphatic carbocycles. The van der Waals surface area contributed by atoms with Gasteiger partial charge in [0.05, 0.1) is 36.3 Å². The van der Waals surface area contributed by atoms with Crippen LogP contribution in [-0.4, -0.2) is 80.2 Å². The van der Waals surface area contributed by atoms with Crippen LogP contribution in [0.5, 0.6) is 0 Å². The molecule has 1 aromatic heterocycles. The summed E-state index contributed by atoms with van der Waals surface area (Å²) in [6, 6.07) is 1.89. The van der Waals surface area contributed by atoms with Crippen molar-refractivity contribution < 1.29 is 34.2 Å². The summed E-state index contributed by atoms with van der Waals surface area (Å²) in [6.07, 6.45) is 1.74. The van der Waals surface area contributed by atoms with E-state index in [0.717, 1.165) is 30.5 Å². The summed E-state index contributed by atoms with van der Waals surface area (Å²) in [5, 5.41) is 35.5. The molecule has 0 aromatic carbocycles. The number of ketones is 1. The summed E-state index contributed by atoms with van der Waals surface area (Å²) >= 11 is 0. The number of aromatic nitrogens is 1. The van der Waals surface area contributed by atoms with Gasteiger partial charge in [-0.3, -0.25) is 14.5 Å². The van der Waals surface area contributed by atoms with E-state index in [4.69, 9.17) is 9.26 Å². The standard InChI is InChI=1S/C29H46N2O7/c1-17-9-8-10-29(7)23(31(29)11-12-32)15-22(18(2)13-21-14-19(3)30-38-21)37-25(34)16-24(33)28(5,6)27(36)20(4)26(17)35/h13-14,17,20,22-24,26,32-33,35H,8-12,15-16H2,1-7H3/b18-13+/t17-,20+,22-,23-,24-,26-,29+,31?/m0/s1. The first-order valence-corrected chi connectivity index (χ1v) is 13.8. The van der Waals surface area contributed by atoms with Crippen LogP contribution >= 0.6 is 0 Å². The minimum absolute atomic E-state index is 0.0265. The lowest BCUT2D eigenvalue weighted by molar-refractivity contribution is -0.154. The third kappa shape index (κ3) is 6.55. The molecule has 8 atom stereocenters. The van der Waals surface area contributed by atoms with E-state index in [1.165, 1.54) is 0 Å². The second-order valence-corrected chi connectivity index (χ2v) is 12.2. The van der Waals surface area contributed by atoms with Crippen molar-refractivity contribution in [2.24, 2.45) is 17.3 Å². The van der Waals surface area contributed by atoms with Crippen LogP contribution in [-0.2, 0) is 14.3 Å². The van der Waals surface area contributed by atoms with Crippen molar-refractivity contribution in [2.75, 3.05) is 13.2 Å². The van der Waals surface area contributed by atoms with Gasteiger partial charge in [-0.05, 0) is 51.2 Å². The van der Waals surface area contributed by atoms with E-state index < -0.39 is 35.6 Å². The molecule has 38 heavy (non-hydrogen) atoms. The van der Waals surface area contributed by atoms with Gasteiger partial charge in [-0.15, -0.1) is 0 Å². The molecule has 2 saturated heterocycles. The quantitative estimate of drug-likeness (QED) is 0.393. The van der Waals surface area contributed by atoms with Crippen molar-refractivity contribution >= 4 is 17.8 Å². The number of aliphatic hydroxyl groups excluding tert-OH is 3. The summed E-state index contributed by atoms with van der Waals surface area (Å²) in [4.78, 5) is 28.6. The zero-order valence-electron chi connectivity index (χ0n) is 23.9. The summed E-state index contributed by atoms with van der Waals surface area (Å²) in [6.45, 7) is 13.3. The molecule has 0 bridgehead atoms. The average molecular weight is 535 g/mol. The fourth-order valence-corrected chi connectivity index (χ4v) is 6.06. The van der Waals surface area contributed by atoms with Crippen LogP contribution in [0.1, 0.15) is 85.1 Å². The van der Waals surface area contributed by atoms with Crippen molar-refractivity contribution in [3.63, 3.8) is 0 Å². The maximum absolute atomic E-state index is 13.3. The van der Waals surface area contributed by atoms with Crippen LogP contribution in [0.2, 0.25) is 0 Å². The summed E-state index contributed by atoms with van der Waals surface area (Å²) in [7, 11) is 0. The lowest BCUT2D eigenvalue weighted by atomic mass is 9.73. The Bertz CT molecular complexity index is 1020. The van der Waals surface area contributed by atoms with Crippen LogP contribution < -0.4 is 0 Å². The molecule has 1 unspecified atom stereocenters. The van der Waals surface area contributed by atoms with Crippen LogP contribution in [0, 0.1) is 24.2 Å². The Morgan fingerprint density at radius 3 is 2.53 bits per heavy atom. The molecule has 3 N–H and O–H groups in total. The first kappa shape index (κ1) is 30.5. The first-order chi connectivity index (χ1) is 17.7. The van der Waals surface area contributed by atoms with Gasteiger partial charge in [-0.25, -0.2) is 0 Å². The molecule has 0 saturated carbocycles. The lowest BCUT2D eigenvalue weighted by Gasteiger charge is -2.34. The Kier molecular flexibility index (Phi) is 9.61. The fourth-order valence-electron chi connectivity index (χ4n) is 6.06. The molecular formula is C29H46N2O7. The van der Waals surface area contributed by atoms with Crippen molar-refractivity contribution in [3.05, 3.63) is 23.1 Å². The zero-order chi connectivity index (χ0) is 28.4. The number of carbonyl (C=O) groups excluding carboxylic acids is 2. The van der Waals surface area contributed by atoms with E-state index in [2.05, 4.69) is 17.0 Å². The van der Waals surface area contributed by atoms with Gasteiger partial charge >= 0.3 is 5.97 Å². The molecule has 9 heteroatoms. The van der Waals surface area contributed by atoms with Gasteiger partial charge in [-0.1, -0.05) is 39.3 Å². The second-order valence-electron chi connectivity index (χ2n) is 12.2. The number of fused-ring (bicyclic) bond motifs is 1. The average Bonchev–Trinajstić information content (AvgIpc) is 3.15. The first-order valence-electron chi connectivity index (χ1n) is 13.8. The number of aryl methyl sites for hydroxylation is 1. The molecule has 2 fully saturated rings. The third-order valence-electron chi connectivity index (χ3n) is 8.94. The van der Waals surface area contributed by atoms with Gasteiger partial charge in [0.1, 0.15) is 11.9 Å². The smallest absolute Gasteiger partial charge is 0.309 e. The normalized spacial score (nSPS) is 37.4. The molecule has 0 radical (unpaired) electrons. The summed E-state index contributed by atoms with van der Waals surface area (Å²) in [5.41, 5.74) is 0.109. The van der Waals surface area contributed by atoms with Gasteiger partial charge in [0.25, 0.3) is 0 Å². The van der Waals surface area contributed by atoms with Gasteiger partial charge < -0.3 is 24.6 Å². The highest BCUT2D eigenvalue weighted by Gasteiger charge is 2.58. The summed E-state index contributed by atoms with van der Waals surface area (Å²) < 4.78 is 11.3. The van der Waals surface area contributed by atoms with Crippen LogP contribution in [0.4, 0.5) is 0 Å². The van der Waals surface area contributed by atoms with Crippen molar-refractivity contribution in [1.29, 1.82) is 0 Å². The molecular weight excluding hydrogens is 488 g/mol. The minimum Gasteiger partial charge on any atom is -0.458 e. The van der Waals surface area contributed by atoms with Gasteiger partial charge in [0.2, 0.25) is 0 Å². The molecule has 0 spiro atoms. The largest absolute Gasteiger partial charge is 0.458 e. The number of cyclic esters (lactones) is 1. The lowest BCUT2D eigenvalue weighted by Crippen LogP contribution is -2.45. The number of carbonyl (C=O) groups is 2. The third-order valence-corrected chi connectivity index (χ3v) is 8.94. The molecule has 1 aromatic rings. The number of ether oxygens (including phenoxy) is 1. The molecule has 0 amide bonds. The Morgan fingerprint density at radius 1 is 1.24 bits per heavy atom. The highest BCUT2D eigenvalue weighted by Crippen LogP contribution is 2.48. The molecule has 9 nitrogen and oxygen atoms in total. The predicted octanol–water partition coefficient (Wildman–Crippen LogP) is 3.29.